The Morgan fingerprint density at radius 3 is 2.77 bits per heavy atom. The molecule has 4 rings (SSSR count). The topological polar surface area (TPSA) is 66.5 Å². The summed E-state index contributed by atoms with van der Waals surface area (Å²) >= 11 is 0. The van der Waals surface area contributed by atoms with Gasteiger partial charge in [0.15, 0.2) is 11.5 Å². The minimum Gasteiger partial charge on any atom is -0.375 e. The number of alkyl halides is 3. The van der Waals surface area contributed by atoms with Gasteiger partial charge >= 0.3 is 6.18 Å². The van der Waals surface area contributed by atoms with Gasteiger partial charge in [-0.1, -0.05) is 25.2 Å². The molecule has 2 aromatic heterocycles. The van der Waals surface area contributed by atoms with Crippen molar-refractivity contribution < 1.29 is 17.9 Å². The summed E-state index contributed by atoms with van der Waals surface area (Å²) in [5.74, 6) is -0.394. The third-order valence-electron chi connectivity index (χ3n) is 6.07. The highest BCUT2D eigenvalue weighted by molar-refractivity contribution is 5.61. The molecule has 0 N–H and O–H groups in total. The third kappa shape index (κ3) is 4.04. The first-order chi connectivity index (χ1) is 14.7. The fourth-order valence-corrected chi connectivity index (χ4v) is 4.33. The zero-order valence-corrected chi connectivity index (χ0v) is 17.6. The Morgan fingerprint density at radius 2 is 2.10 bits per heavy atom. The van der Waals surface area contributed by atoms with Crippen molar-refractivity contribution in [3.63, 3.8) is 0 Å². The summed E-state index contributed by atoms with van der Waals surface area (Å²) in [6.45, 7) is 7.24. The van der Waals surface area contributed by atoms with Crippen molar-refractivity contribution >= 4 is 11.5 Å². The normalized spacial score (nSPS) is 24.4. The molecule has 3 atom stereocenters. The molecule has 31 heavy (non-hydrogen) atoms. The number of allylic oxidation sites excluding steroid dienone is 4. The first-order valence-electron chi connectivity index (χ1n) is 10.3. The highest BCUT2D eigenvalue weighted by atomic mass is 19.4. The molecule has 0 radical (unpaired) electrons. The van der Waals surface area contributed by atoms with Gasteiger partial charge in [0, 0.05) is 24.7 Å². The van der Waals surface area contributed by atoms with E-state index in [1.165, 1.54) is 6.08 Å². The second-order valence-corrected chi connectivity index (χ2v) is 8.20. The molecule has 1 aliphatic carbocycles. The Labute approximate surface area is 178 Å². The van der Waals surface area contributed by atoms with E-state index in [2.05, 4.69) is 16.0 Å². The van der Waals surface area contributed by atoms with Crippen LogP contribution in [0.1, 0.15) is 30.8 Å². The lowest BCUT2D eigenvalue weighted by atomic mass is 9.80. The van der Waals surface area contributed by atoms with E-state index < -0.39 is 17.7 Å². The van der Waals surface area contributed by atoms with E-state index in [-0.39, 0.29) is 12.0 Å². The first-order valence-corrected chi connectivity index (χ1v) is 10.3. The van der Waals surface area contributed by atoms with Crippen LogP contribution in [0.2, 0.25) is 0 Å². The molecule has 2 aromatic rings. The number of aryl methyl sites for hydroxylation is 1. The molecular weight excluding hydrogens is 407 g/mol. The van der Waals surface area contributed by atoms with Crippen LogP contribution in [0.3, 0.4) is 0 Å². The molecule has 6 nitrogen and oxygen atoms in total. The van der Waals surface area contributed by atoms with Crippen LogP contribution in [-0.4, -0.2) is 46.6 Å². The first kappa shape index (κ1) is 21.4. The van der Waals surface area contributed by atoms with Crippen molar-refractivity contribution in [2.75, 3.05) is 24.6 Å². The van der Waals surface area contributed by atoms with Gasteiger partial charge < -0.3 is 9.64 Å². The molecule has 9 heteroatoms. The average Bonchev–Trinajstić information content (AvgIpc) is 3.03. The lowest BCUT2D eigenvalue weighted by Gasteiger charge is -2.32. The Balaban J connectivity index is 1.72. The molecule has 0 bridgehead atoms. The van der Waals surface area contributed by atoms with E-state index in [9.17, 15) is 18.4 Å². The number of halogens is 3. The van der Waals surface area contributed by atoms with Crippen molar-refractivity contribution in [1.82, 2.24) is 14.6 Å². The second-order valence-electron chi connectivity index (χ2n) is 8.20. The maximum absolute atomic E-state index is 13.4. The Hall–Kier alpha value is -2.86. The molecule has 1 saturated heterocycles. The van der Waals surface area contributed by atoms with E-state index in [1.807, 2.05) is 6.92 Å². The van der Waals surface area contributed by atoms with Gasteiger partial charge in [0.25, 0.3) is 0 Å². The number of fused-ring (bicyclic) bond motifs is 1. The van der Waals surface area contributed by atoms with Crippen LogP contribution < -0.4 is 4.90 Å². The van der Waals surface area contributed by atoms with Crippen molar-refractivity contribution in [2.45, 2.75) is 39.5 Å². The van der Waals surface area contributed by atoms with Gasteiger partial charge in [0.2, 0.25) is 0 Å². The number of ether oxygens (including phenoxy) is 1. The average molecular weight is 431 g/mol. The molecule has 3 unspecified atom stereocenters. The Morgan fingerprint density at radius 1 is 1.32 bits per heavy atom. The third-order valence-corrected chi connectivity index (χ3v) is 6.07. The summed E-state index contributed by atoms with van der Waals surface area (Å²) in [6, 6.07) is 3.91. The lowest BCUT2D eigenvalue weighted by molar-refractivity contribution is -0.100. The number of rotatable bonds is 3. The van der Waals surface area contributed by atoms with Crippen LogP contribution in [0.4, 0.5) is 19.0 Å². The van der Waals surface area contributed by atoms with Crippen molar-refractivity contribution in [2.24, 2.45) is 11.8 Å². The molecule has 1 aliphatic heterocycles. The van der Waals surface area contributed by atoms with Gasteiger partial charge in [-0.2, -0.15) is 18.4 Å². The number of anilines is 1. The van der Waals surface area contributed by atoms with Crippen LogP contribution in [0.25, 0.3) is 5.65 Å². The summed E-state index contributed by atoms with van der Waals surface area (Å²) in [4.78, 5) is 6.57. The fourth-order valence-electron chi connectivity index (χ4n) is 4.33. The van der Waals surface area contributed by atoms with Gasteiger partial charge in [0.05, 0.1) is 24.1 Å². The van der Waals surface area contributed by atoms with E-state index in [0.29, 0.717) is 48.8 Å². The smallest absolute Gasteiger partial charge is 0.375 e. The zero-order chi connectivity index (χ0) is 22.3. The summed E-state index contributed by atoms with van der Waals surface area (Å²) in [5.41, 5.74) is 1.68. The molecule has 0 aromatic carbocycles. The lowest BCUT2D eigenvalue weighted by Crippen LogP contribution is -2.41. The SMILES string of the molecule is Cc1nc2c(C#N)cc(N3CCOC(C)C3)nn2c1CC1C=CC=C(C(F)(F)F)C1C. The minimum absolute atomic E-state index is 0.0431. The summed E-state index contributed by atoms with van der Waals surface area (Å²) in [7, 11) is 0. The van der Waals surface area contributed by atoms with Gasteiger partial charge in [-0.05, 0) is 32.1 Å². The predicted octanol–water partition coefficient (Wildman–Crippen LogP) is 3.99. The number of hydrogen-bond acceptors (Lipinski definition) is 5. The molecule has 0 amide bonds. The Bertz CT molecular complexity index is 1100. The highest BCUT2D eigenvalue weighted by Crippen LogP contribution is 2.39. The number of nitriles is 1. The highest BCUT2D eigenvalue weighted by Gasteiger charge is 2.40. The molecule has 0 saturated carbocycles. The zero-order valence-electron chi connectivity index (χ0n) is 17.6. The monoisotopic (exact) mass is 431 g/mol. The van der Waals surface area contributed by atoms with E-state index in [4.69, 9.17) is 9.84 Å². The standard InChI is InChI=1S/C22H24F3N5O/c1-13-12-29(7-8-31-13)20-10-17(11-26)21-27-15(3)19(30(21)28-20)9-16-5-4-6-18(14(16)2)22(23,24)25/h4-6,10,13-14,16H,7-9,12H2,1-3H3. The van der Waals surface area contributed by atoms with E-state index in [0.717, 1.165) is 11.8 Å². The second kappa shape index (κ2) is 8.00. The summed E-state index contributed by atoms with van der Waals surface area (Å²) < 4.78 is 47.4. The molecule has 1 fully saturated rings. The molecule has 2 aliphatic rings. The molecule has 0 spiro atoms. The van der Waals surface area contributed by atoms with Crippen molar-refractivity contribution in [1.29, 1.82) is 5.26 Å². The maximum atomic E-state index is 13.4. The van der Waals surface area contributed by atoms with E-state index >= 15 is 0 Å². The van der Waals surface area contributed by atoms with Crippen LogP contribution in [0.15, 0.2) is 29.9 Å². The predicted molar refractivity (Wildman–Crippen MR) is 110 cm³/mol. The Kier molecular flexibility index (Phi) is 5.52. The maximum Gasteiger partial charge on any atom is 0.412 e. The van der Waals surface area contributed by atoms with Crippen LogP contribution in [0.5, 0.6) is 0 Å². The largest absolute Gasteiger partial charge is 0.412 e. The number of morpholine rings is 1. The van der Waals surface area contributed by atoms with Gasteiger partial charge in [-0.25, -0.2) is 9.50 Å². The van der Waals surface area contributed by atoms with Crippen LogP contribution >= 0.6 is 0 Å². The van der Waals surface area contributed by atoms with E-state index in [1.54, 1.807) is 30.5 Å². The number of hydrogen-bond donors (Lipinski definition) is 0. The van der Waals surface area contributed by atoms with Crippen LogP contribution in [-0.2, 0) is 11.2 Å². The minimum atomic E-state index is -4.36. The quantitative estimate of drug-likeness (QED) is 0.735. The van der Waals surface area contributed by atoms with Crippen molar-refractivity contribution in [3.05, 3.63) is 46.8 Å². The summed E-state index contributed by atoms with van der Waals surface area (Å²) in [5, 5.41) is 14.4. The number of imidazole rings is 1. The van der Waals surface area contributed by atoms with Gasteiger partial charge in [-0.3, -0.25) is 0 Å². The van der Waals surface area contributed by atoms with Gasteiger partial charge in [-0.15, -0.1) is 5.10 Å². The molecule has 3 heterocycles. The number of aromatic nitrogens is 3. The van der Waals surface area contributed by atoms with Gasteiger partial charge in [0.1, 0.15) is 11.6 Å². The molecular formula is C22H24F3N5O. The van der Waals surface area contributed by atoms with Crippen LogP contribution in [0, 0.1) is 30.1 Å². The molecule has 164 valence electrons. The number of nitrogens with zero attached hydrogens (tertiary/aromatic N) is 5. The fraction of sp³-hybridized carbons (Fsp3) is 0.500. The van der Waals surface area contributed by atoms with Crippen molar-refractivity contribution in [3.8, 4) is 6.07 Å². The summed E-state index contributed by atoms with van der Waals surface area (Å²) in [6.07, 6.45) is 0.453.